The Balaban J connectivity index is 1.79. The number of hydrogen-bond acceptors (Lipinski definition) is 3. The SMILES string of the molecule is C[C@@H]1CN(C(=O)c2ccc3c(c2)CCO3)CCN1. The Morgan fingerprint density at radius 1 is 1.50 bits per heavy atom. The van der Waals surface area contributed by atoms with Crippen LogP contribution in [0.2, 0.25) is 0 Å². The Kier molecular flexibility index (Phi) is 2.96. The molecule has 96 valence electrons. The van der Waals surface area contributed by atoms with Gasteiger partial charge >= 0.3 is 0 Å². The molecular formula is C14H18N2O2. The minimum atomic E-state index is 0.137. The number of rotatable bonds is 1. The lowest BCUT2D eigenvalue weighted by molar-refractivity contribution is 0.0709. The van der Waals surface area contributed by atoms with Gasteiger partial charge in [0, 0.05) is 37.7 Å². The summed E-state index contributed by atoms with van der Waals surface area (Å²) in [7, 11) is 0. The number of benzene rings is 1. The molecule has 1 aromatic rings. The van der Waals surface area contributed by atoms with E-state index in [1.54, 1.807) is 0 Å². The molecule has 0 aromatic heterocycles. The number of nitrogens with one attached hydrogen (secondary N) is 1. The van der Waals surface area contributed by atoms with Crippen LogP contribution in [-0.2, 0) is 6.42 Å². The highest BCUT2D eigenvalue weighted by Gasteiger charge is 2.23. The third-order valence-electron chi connectivity index (χ3n) is 3.59. The first-order chi connectivity index (χ1) is 8.74. The van der Waals surface area contributed by atoms with E-state index in [4.69, 9.17) is 4.74 Å². The van der Waals surface area contributed by atoms with E-state index < -0.39 is 0 Å². The first-order valence-electron chi connectivity index (χ1n) is 6.52. The van der Waals surface area contributed by atoms with Gasteiger partial charge in [0.1, 0.15) is 5.75 Å². The minimum Gasteiger partial charge on any atom is -0.493 e. The van der Waals surface area contributed by atoms with Crippen LogP contribution < -0.4 is 10.1 Å². The lowest BCUT2D eigenvalue weighted by Gasteiger charge is -2.32. The van der Waals surface area contributed by atoms with Gasteiger partial charge in [-0.25, -0.2) is 0 Å². The standard InChI is InChI=1S/C14H18N2O2/c1-10-9-16(6-5-15-10)14(17)12-2-3-13-11(8-12)4-7-18-13/h2-3,8,10,15H,4-7,9H2,1H3/t10-/m1/s1. The highest BCUT2D eigenvalue weighted by Crippen LogP contribution is 2.26. The van der Waals surface area contributed by atoms with Crippen LogP contribution in [0.15, 0.2) is 18.2 Å². The van der Waals surface area contributed by atoms with Crippen molar-refractivity contribution in [3.05, 3.63) is 29.3 Å². The monoisotopic (exact) mass is 246 g/mol. The zero-order valence-electron chi connectivity index (χ0n) is 10.6. The molecule has 0 aliphatic carbocycles. The highest BCUT2D eigenvalue weighted by atomic mass is 16.5. The third kappa shape index (κ3) is 2.08. The molecule has 4 nitrogen and oxygen atoms in total. The molecular weight excluding hydrogens is 228 g/mol. The molecule has 0 unspecified atom stereocenters. The molecule has 1 aromatic carbocycles. The Hall–Kier alpha value is -1.55. The predicted octanol–water partition coefficient (Wildman–Crippen LogP) is 1.06. The molecule has 2 heterocycles. The summed E-state index contributed by atoms with van der Waals surface area (Å²) in [5, 5.41) is 3.35. The number of amides is 1. The van der Waals surface area contributed by atoms with E-state index in [2.05, 4.69) is 12.2 Å². The number of nitrogens with zero attached hydrogens (tertiary/aromatic N) is 1. The van der Waals surface area contributed by atoms with Gasteiger partial charge in [0.05, 0.1) is 6.61 Å². The molecule has 0 radical (unpaired) electrons. The van der Waals surface area contributed by atoms with E-state index in [1.807, 2.05) is 23.1 Å². The summed E-state index contributed by atoms with van der Waals surface area (Å²) in [6.45, 7) is 5.29. The van der Waals surface area contributed by atoms with Gasteiger partial charge in [-0.3, -0.25) is 4.79 Å². The van der Waals surface area contributed by atoms with Crippen molar-refractivity contribution in [2.24, 2.45) is 0 Å². The molecule has 0 spiro atoms. The summed E-state index contributed by atoms with van der Waals surface area (Å²) in [5.74, 6) is 1.07. The van der Waals surface area contributed by atoms with Crippen LogP contribution in [0.4, 0.5) is 0 Å². The molecule has 4 heteroatoms. The fourth-order valence-corrected chi connectivity index (χ4v) is 2.62. The van der Waals surface area contributed by atoms with E-state index in [-0.39, 0.29) is 5.91 Å². The van der Waals surface area contributed by atoms with Gasteiger partial charge < -0.3 is 15.0 Å². The summed E-state index contributed by atoms with van der Waals surface area (Å²) >= 11 is 0. The Bertz CT molecular complexity index is 473. The maximum Gasteiger partial charge on any atom is 0.253 e. The van der Waals surface area contributed by atoms with E-state index in [0.717, 1.165) is 49.5 Å². The van der Waals surface area contributed by atoms with Crippen LogP contribution in [0.3, 0.4) is 0 Å². The van der Waals surface area contributed by atoms with Crippen molar-refractivity contribution < 1.29 is 9.53 Å². The first kappa shape index (κ1) is 11.5. The number of piperazine rings is 1. The molecule has 0 saturated carbocycles. The Labute approximate surface area is 107 Å². The Morgan fingerprint density at radius 3 is 3.22 bits per heavy atom. The number of fused-ring (bicyclic) bond motifs is 1. The van der Waals surface area contributed by atoms with Gasteiger partial charge in [0.2, 0.25) is 0 Å². The normalized spacial score (nSPS) is 22.5. The first-order valence-corrected chi connectivity index (χ1v) is 6.52. The van der Waals surface area contributed by atoms with Gasteiger partial charge in [0.25, 0.3) is 5.91 Å². The quantitative estimate of drug-likeness (QED) is 0.805. The van der Waals surface area contributed by atoms with Crippen LogP contribution in [-0.4, -0.2) is 43.1 Å². The van der Waals surface area contributed by atoms with Crippen LogP contribution in [0.5, 0.6) is 5.75 Å². The molecule has 1 atom stereocenters. The molecule has 1 saturated heterocycles. The number of hydrogen-bond donors (Lipinski definition) is 1. The van der Waals surface area contributed by atoms with E-state index in [0.29, 0.717) is 6.04 Å². The van der Waals surface area contributed by atoms with Crippen molar-refractivity contribution in [3.63, 3.8) is 0 Å². The zero-order chi connectivity index (χ0) is 12.5. The number of carbonyl (C=O) groups excluding carboxylic acids is 1. The maximum atomic E-state index is 12.4. The maximum absolute atomic E-state index is 12.4. The van der Waals surface area contributed by atoms with Crippen LogP contribution in [0, 0.1) is 0 Å². The lowest BCUT2D eigenvalue weighted by atomic mass is 10.1. The van der Waals surface area contributed by atoms with Crippen molar-refractivity contribution in [3.8, 4) is 5.75 Å². The van der Waals surface area contributed by atoms with Crippen molar-refractivity contribution in [2.75, 3.05) is 26.2 Å². The highest BCUT2D eigenvalue weighted by molar-refractivity contribution is 5.94. The van der Waals surface area contributed by atoms with Gasteiger partial charge in [-0.1, -0.05) is 0 Å². The molecule has 18 heavy (non-hydrogen) atoms. The smallest absolute Gasteiger partial charge is 0.253 e. The third-order valence-corrected chi connectivity index (χ3v) is 3.59. The predicted molar refractivity (Wildman–Crippen MR) is 69.0 cm³/mol. The molecule has 2 aliphatic rings. The lowest BCUT2D eigenvalue weighted by Crippen LogP contribution is -2.51. The second-order valence-corrected chi connectivity index (χ2v) is 5.03. The molecule has 0 bridgehead atoms. The number of carbonyl (C=O) groups is 1. The molecule has 3 rings (SSSR count). The molecule has 1 N–H and O–H groups in total. The summed E-state index contributed by atoms with van der Waals surface area (Å²) in [6.07, 6.45) is 0.911. The van der Waals surface area contributed by atoms with Crippen molar-refractivity contribution in [1.82, 2.24) is 10.2 Å². The number of ether oxygens (including phenoxy) is 1. The van der Waals surface area contributed by atoms with Crippen molar-refractivity contribution in [1.29, 1.82) is 0 Å². The Morgan fingerprint density at radius 2 is 2.39 bits per heavy atom. The zero-order valence-corrected chi connectivity index (χ0v) is 10.6. The van der Waals surface area contributed by atoms with Gasteiger partial charge in [0.15, 0.2) is 0 Å². The van der Waals surface area contributed by atoms with E-state index in [1.165, 1.54) is 0 Å². The molecule has 1 fully saturated rings. The van der Waals surface area contributed by atoms with Gasteiger partial charge in [-0.15, -0.1) is 0 Å². The summed E-state index contributed by atoms with van der Waals surface area (Å²) in [5.41, 5.74) is 1.94. The van der Waals surface area contributed by atoms with Gasteiger partial charge in [-0.05, 0) is 30.7 Å². The molecule has 1 amide bonds. The van der Waals surface area contributed by atoms with Crippen molar-refractivity contribution >= 4 is 5.91 Å². The second kappa shape index (κ2) is 4.61. The second-order valence-electron chi connectivity index (χ2n) is 5.03. The fraction of sp³-hybridized carbons (Fsp3) is 0.500. The van der Waals surface area contributed by atoms with E-state index in [9.17, 15) is 4.79 Å². The fourth-order valence-electron chi connectivity index (χ4n) is 2.62. The average Bonchev–Trinajstić information content (AvgIpc) is 2.85. The largest absolute Gasteiger partial charge is 0.493 e. The topological polar surface area (TPSA) is 41.6 Å². The summed E-state index contributed by atoms with van der Waals surface area (Å²) < 4.78 is 5.46. The van der Waals surface area contributed by atoms with Gasteiger partial charge in [-0.2, -0.15) is 0 Å². The average molecular weight is 246 g/mol. The van der Waals surface area contributed by atoms with Crippen LogP contribution in [0.25, 0.3) is 0 Å². The van der Waals surface area contributed by atoms with Crippen molar-refractivity contribution in [2.45, 2.75) is 19.4 Å². The van der Waals surface area contributed by atoms with Crippen LogP contribution >= 0.6 is 0 Å². The minimum absolute atomic E-state index is 0.137. The van der Waals surface area contributed by atoms with E-state index >= 15 is 0 Å². The summed E-state index contributed by atoms with van der Waals surface area (Å²) in [4.78, 5) is 14.3. The molecule has 2 aliphatic heterocycles. The van der Waals surface area contributed by atoms with Crippen LogP contribution in [0.1, 0.15) is 22.8 Å². The summed E-state index contributed by atoms with van der Waals surface area (Å²) in [6, 6.07) is 6.15.